The maximum absolute atomic E-state index is 13.0. The molecule has 2 aliphatic heterocycles. The smallest absolute Gasteiger partial charge is 0.257 e. The zero-order valence-electron chi connectivity index (χ0n) is 16.6. The van der Waals surface area contributed by atoms with Crippen LogP contribution in [0.5, 0.6) is 0 Å². The van der Waals surface area contributed by atoms with Crippen LogP contribution < -0.4 is 0 Å². The summed E-state index contributed by atoms with van der Waals surface area (Å²) in [6, 6.07) is 1.80. The third kappa shape index (κ3) is 3.88. The molecule has 2 fully saturated rings. The van der Waals surface area contributed by atoms with Gasteiger partial charge in [-0.2, -0.15) is 10.1 Å². The van der Waals surface area contributed by atoms with Crippen LogP contribution in [0.1, 0.15) is 40.7 Å². The molecule has 30 heavy (non-hydrogen) atoms. The van der Waals surface area contributed by atoms with E-state index in [1.165, 1.54) is 0 Å². The highest BCUT2D eigenvalue weighted by Crippen LogP contribution is 2.29. The maximum Gasteiger partial charge on any atom is 0.257 e. The van der Waals surface area contributed by atoms with E-state index >= 15 is 0 Å². The summed E-state index contributed by atoms with van der Waals surface area (Å²) in [6.07, 6.45) is 6.86. The maximum atomic E-state index is 13.0. The Morgan fingerprint density at radius 1 is 1.27 bits per heavy atom. The van der Waals surface area contributed by atoms with Crippen LogP contribution in [-0.2, 0) is 11.3 Å². The number of nitrogens with zero attached hydrogens (tertiary/aromatic N) is 5. The monoisotopic (exact) mass is 412 g/mol. The summed E-state index contributed by atoms with van der Waals surface area (Å²) in [6.45, 7) is 4.73. The quantitative estimate of drug-likeness (QED) is 0.676. The van der Waals surface area contributed by atoms with Gasteiger partial charge in [0.15, 0.2) is 0 Å². The van der Waals surface area contributed by atoms with Gasteiger partial charge in [0.05, 0.1) is 49.0 Å². The Bertz CT molecular complexity index is 975. The average molecular weight is 412 g/mol. The molecule has 10 nitrogen and oxygen atoms in total. The molecule has 5 heterocycles. The molecule has 0 spiro atoms. The number of hydrogen-bond acceptors (Lipinski definition) is 8. The molecule has 1 amide bonds. The number of amides is 1. The first kappa shape index (κ1) is 19.0. The fourth-order valence-electron chi connectivity index (χ4n) is 4.17. The fourth-order valence-corrected chi connectivity index (χ4v) is 4.17. The Hall–Kier alpha value is -2.98. The normalized spacial score (nSPS) is 20.5. The first-order valence-electron chi connectivity index (χ1n) is 10.3. The van der Waals surface area contributed by atoms with Crippen LogP contribution in [0, 0.1) is 0 Å². The second-order valence-corrected chi connectivity index (χ2v) is 7.70. The number of aromatic amines is 1. The van der Waals surface area contributed by atoms with Crippen LogP contribution in [0.4, 0.5) is 0 Å². The Morgan fingerprint density at radius 2 is 2.17 bits per heavy atom. The summed E-state index contributed by atoms with van der Waals surface area (Å²) < 4.78 is 15.9. The van der Waals surface area contributed by atoms with Gasteiger partial charge < -0.3 is 18.6 Å². The van der Waals surface area contributed by atoms with Gasteiger partial charge in [0, 0.05) is 25.6 Å². The van der Waals surface area contributed by atoms with Gasteiger partial charge >= 0.3 is 0 Å². The largest absolute Gasteiger partial charge is 0.472 e. The molecule has 1 atom stereocenters. The molecule has 5 rings (SSSR count). The topological polar surface area (TPSA) is 114 Å². The van der Waals surface area contributed by atoms with Crippen LogP contribution >= 0.6 is 0 Å². The minimum atomic E-state index is 0.0285. The highest BCUT2D eigenvalue weighted by Gasteiger charge is 2.30. The van der Waals surface area contributed by atoms with Crippen LogP contribution in [0.15, 0.2) is 33.7 Å². The molecule has 1 N–H and O–H groups in total. The second-order valence-electron chi connectivity index (χ2n) is 7.70. The molecule has 0 bridgehead atoms. The number of carbonyl (C=O) groups is 1. The number of piperidine rings is 1. The van der Waals surface area contributed by atoms with Crippen molar-refractivity contribution in [2.75, 3.05) is 39.4 Å². The van der Waals surface area contributed by atoms with Crippen molar-refractivity contribution in [3.8, 4) is 11.4 Å². The summed E-state index contributed by atoms with van der Waals surface area (Å²) in [5.41, 5.74) is 2.38. The number of morpholine rings is 1. The van der Waals surface area contributed by atoms with E-state index in [2.05, 4.69) is 25.2 Å². The molecule has 2 saturated heterocycles. The van der Waals surface area contributed by atoms with Crippen molar-refractivity contribution in [2.24, 2.45) is 0 Å². The number of carbonyl (C=O) groups excluding carboxylic acids is 1. The fraction of sp³-hybridized carbons (Fsp3) is 0.500. The summed E-state index contributed by atoms with van der Waals surface area (Å²) in [5.74, 6) is 1.33. The minimum Gasteiger partial charge on any atom is -0.472 e. The van der Waals surface area contributed by atoms with Gasteiger partial charge in [-0.15, -0.1) is 0 Å². The number of H-pyrrole nitrogens is 1. The van der Waals surface area contributed by atoms with E-state index in [4.69, 9.17) is 13.7 Å². The van der Waals surface area contributed by atoms with E-state index in [-0.39, 0.29) is 11.8 Å². The van der Waals surface area contributed by atoms with E-state index in [0.29, 0.717) is 50.1 Å². The summed E-state index contributed by atoms with van der Waals surface area (Å²) in [4.78, 5) is 21.6. The first-order chi connectivity index (χ1) is 14.8. The van der Waals surface area contributed by atoms with Crippen molar-refractivity contribution in [3.05, 3.63) is 41.9 Å². The van der Waals surface area contributed by atoms with Gasteiger partial charge in [0.2, 0.25) is 11.7 Å². The lowest BCUT2D eigenvalue weighted by Gasteiger charge is -2.32. The Kier molecular flexibility index (Phi) is 5.33. The average Bonchev–Trinajstić information content (AvgIpc) is 3.55. The molecule has 10 heteroatoms. The van der Waals surface area contributed by atoms with Crippen molar-refractivity contribution in [1.29, 1.82) is 0 Å². The Balaban J connectivity index is 1.26. The molecule has 0 aliphatic carbocycles. The zero-order valence-corrected chi connectivity index (χ0v) is 16.6. The summed E-state index contributed by atoms with van der Waals surface area (Å²) in [5, 5.41) is 11.3. The summed E-state index contributed by atoms with van der Waals surface area (Å²) in [7, 11) is 0. The van der Waals surface area contributed by atoms with Gasteiger partial charge in [-0.1, -0.05) is 5.16 Å². The summed E-state index contributed by atoms with van der Waals surface area (Å²) >= 11 is 0. The highest BCUT2D eigenvalue weighted by molar-refractivity contribution is 5.95. The van der Waals surface area contributed by atoms with Crippen LogP contribution in [0.3, 0.4) is 0 Å². The van der Waals surface area contributed by atoms with E-state index in [1.54, 1.807) is 24.8 Å². The van der Waals surface area contributed by atoms with Crippen molar-refractivity contribution >= 4 is 5.91 Å². The van der Waals surface area contributed by atoms with Gasteiger partial charge in [-0.05, 0) is 25.5 Å². The highest BCUT2D eigenvalue weighted by atomic mass is 16.5. The minimum absolute atomic E-state index is 0.0285. The predicted octanol–water partition coefficient (Wildman–Crippen LogP) is 1.90. The van der Waals surface area contributed by atoms with Gasteiger partial charge in [0.25, 0.3) is 5.91 Å². The SMILES string of the molecule is O=C(c1cn[nH]c1C1CCCN(Cc2nc(-c3ccoc3)no2)C1)N1CCOCC1. The lowest BCUT2D eigenvalue weighted by atomic mass is 9.92. The zero-order chi connectivity index (χ0) is 20.3. The van der Waals surface area contributed by atoms with Crippen molar-refractivity contribution in [1.82, 2.24) is 30.1 Å². The molecule has 0 radical (unpaired) electrons. The number of ether oxygens (including phenoxy) is 1. The van der Waals surface area contributed by atoms with Crippen LogP contribution in [-0.4, -0.2) is 75.4 Å². The Labute approximate surface area is 173 Å². The molecule has 3 aromatic rings. The van der Waals surface area contributed by atoms with Gasteiger partial charge in [-0.3, -0.25) is 14.8 Å². The van der Waals surface area contributed by atoms with E-state index in [9.17, 15) is 4.79 Å². The molecule has 2 aliphatic rings. The van der Waals surface area contributed by atoms with Gasteiger partial charge in [0.1, 0.15) is 6.26 Å². The third-order valence-electron chi connectivity index (χ3n) is 5.72. The lowest BCUT2D eigenvalue weighted by Crippen LogP contribution is -2.41. The number of aromatic nitrogens is 4. The van der Waals surface area contributed by atoms with E-state index in [1.807, 2.05) is 4.90 Å². The van der Waals surface area contributed by atoms with Crippen molar-refractivity contribution in [2.45, 2.75) is 25.3 Å². The molecule has 1 unspecified atom stereocenters. The first-order valence-corrected chi connectivity index (χ1v) is 10.3. The number of rotatable bonds is 5. The lowest BCUT2D eigenvalue weighted by molar-refractivity contribution is 0.0301. The predicted molar refractivity (Wildman–Crippen MR) is 105 cm³/mol. The standard InChI is InChI=1S/C20H24N6O4/c27-20(26-5-8-28-9-6-26)16-10-21-23-18(16)14-2-1-4-25(11-14)12-17-22-19(24-30-17)15-3-7-29-13-15/h3,7,10,13-14H,1-2,4-6,8-9,11-12H2,(H,21,23). The van der Waals surface area contributed by atoms with Crippen LogP contribution in [0.25, 0.3) is 11.4 Å². The number of nitrogens with one attached hydrogen (secondary N) is 1. The van der Waals surface area contributed by atoms with Gasteiger partial charge in [-0.25, -0.2) is 0 Å². The molecular formula is C20H24N6O4. The molecule has 0 aromatic carbocycles. The van der Waals surface area contributed by atoms with Crippen molar-refractivity contribution < 1.29 is 18.5 Å². The third-order valence-corrected chi connectivity index (χ3v) is 5.72. The van der Waals surface area contributed by atoms with Crippen molar-refractivity contribution in [3.63, 3.8) is 0 Å². The second kappa shape index (κ2) is 8.41. The Morgan fingerprint density at radius 3 is 3.00 bits per heavy atom. The van der Waals surface area contributed by atoms with Crippen LogP contribution in [0.2, 0.25) is 0 Å². The number of hydrogen-bond donors (Lipinski definition) is 1. The number of furan rings is 1. The molecule has 158 valence electrons. The molecular weight excluding hydrogens is 388 g/mol. The molecule has 0 saturated carbocycles. The van der Waals surface area contributed by atoms with E-state index < -0.39 is 0 Å². The number of likely N-dealkylation sites (tertiary alicyclic amines) is 1. The van der Waals surface area contributed by atoms with E-state index in [0.717, 1.165) is 37.2 Å². The molecule has 3 aromatic heterocycles.